The molecule has 104 valence electrons. The highest BCUT2D eigenvalue weighted by Gasteiger charge is 2.22. The summed E-state index contributed by atoms with van der Waals surface area (Å²) in [6, 6.07) is 3.52. The standard InChI is InChI=1S/C13H17FN2O3/c1-8(2)16(7-12(17)19-3)13(18)9-4-5-10(14)11(15)6-9/h4-6,8H,7,15H2,1-3H3. The van der Waals surface area contributed by atoms with Crippen LogP contribution in [-0.4, -0.2) is 36.5 Å². The summed E-state index contributed by atoms with van der Waals surface area (Å²) in [5.74, 6) is -1.50. The van der Waals surface area contributed by atoms with Gasteiger partial charge in [0.05, 0.1) is 12.8 Å². The van der Waals surface area contributed by atoms with E-state index in [-0.39, 0.29) is 23.8 Å². The van der Waals surface area contributed by atoms with E-state index in [1.807, 2.05) is 0 Å². The number of benzene rings is 1. The predicted octanol–water partition coefficient (Wildman–Crippen LogP) is 1.43. The largest absolute Gasteiger partial charge is 0.468 e. The molecular formula is C13H17FN2O3. The summed E-state index contributed by atoms with van der Waals surface area (Å²) in [4.78, 5) is 24.9. The summed E-state index contributed by atoms with van der Waals surface area (Å²) >= 11 is 0. The van der Waals surface area contributed by atoms with Gasteiger partial charge in [0.2, 0.25) is 0 Å². The third kappa shape index (κ3) is 3.67. The first-order valence-electron chi connectivity index (χ1n) is 5.79. The molecule has 0 atom stereocenters. The maximum atomic E-state index is 13.1. The second-order valence-corrected chi connectivity index (χ2v) is 4.34. The summed E-state index contributed by atoms with van der Waals surface area (Å²) < 4.78 is 17.6. The topological polar surface area (TPSA) is 72.6 Å². The van der Waals surface area contributed by atoms with Crippen LogP contribution in [0.4, 0.5) is 10.1 Å². The van der Waals surface area contributed by atoms with Crippen molar-refractivity contribution in [2.24, 2.45) is 0 Å². The van der Waals surface area contributed by atoms with E-state index < -0.39 is 17.7 Å². The molecule has 0 fully saturated rings. The van der Waals surface area contributed by atoms with Crippen molar-refractivity contribution in [2.75, 3.05) is 19.4 Å². The molecule has 0 aliphatic rings. The van der Waals surface area contributed by atoms with Crippen LogP contribution in [0.1, 0.15) is 24.2 Å². The second-order valence-electron chi connectivity index (χ2n) is 4.34. The summed E-state index contributed by atoms with van der Waals surface area (Å²) in [6.07, 6.45) is 0. The van der Waals surface area contributed by atoms with Crippen LogP contribution in [0.5, 0.6) is 0 Å². The molecule has 1 aromatic rings. The number of nitrogens with zero attached hydrogens (tertiary/aromatic N) is 1. The number of ether oxygens (including phenoxy) is 1. The van der Waals surface area contributed by atoms with E-state index in [1.165, 1.54) is 24.1 Å². The highest BCUT2D eigenvalue weighted by Crippen LogP contribution is 2.15. The average Bonchev–Trinajstić information content (AvgIpc) is 2.37. The number of amides is 1. The minimum atomic E-state index is -0.583. The molecule has 0 heterocycles. The van der Waals surface area contributed by atoms with Crippen LogP contribution in [0.15, 0.2) is 18.2 Å². The van der Waals surface area contributed by atoms with Crippen LogP contribution in [0.3, 0.4) is 0 Å². The minimum Gasteiger partial charge on any atom is -0.468 e. The first-order chi connectivity index (χ1) is 8.86. The third-order valence-electron chi connectivity index (χ3n) is 2.65. The van der Waals surface area contributed by atoms with Crippen molar-refractivity contribution in [3.8, 4) is 0 Å². The first kappa shape index (κ1) is 14.9. The molecule has 0 spiro atoms. The number of rotatable bonds is 4. The molecule has 0 aliphatic heterocycles. The van der Waals surface area contributed by atoms with Crippen molar-refractivity contribution in [3.05, 3.63) is 29.6 Å². The zero-order valence-corrected chi connectivity index (χ0v) is 11.1. The molecular weight excluding hydrogens is 251 g/mol. The predicted molar refractivity (Wildman–Crippen MR) is 69.0 cm³/mol. The maximum Gasteiger partial charge on any atom is 0.325 e. The van der Waals surface area contributed by atoms with Gasteiger partial charge >= 0.3 is 5.97 Å². The number of esters is 1. The fourth-order valence-corrected chi connectivity index (χ4v) is 1.54. The molecule has 1 aromatic carbocycles. The van der Waals surface area contributed by atoms with Crippen LogP contribution >= 0.6 is 0 Å². The Kier molecular flexibility index (Phi) is 4.86. The normalized spacial score (nSPS) is 10.4. The second kappa shape index (κ2) is 6.17. The summed E-state index contributed by atoms with van der Waals surface area (Å²) in [5.41, 5.74) is 5.55. The van der Waals surface area contributed by atoms with Crippen LogP contribution in [0, 0.1) is 5.82 Å². The van der Waals surface area contributed by atoms with Gasteiger partial charge in [-0.15, -0.1) is 0 Å². The Balaban J connectivity index is 2.99. The maximum absolute atomic E-state index is 13.1. The lowest BCUT2D eigenvalue weighted by atomic mass is 10.1. The SMILES string of the molecule is COC(=O)CN(C(=O)c1ccc(F)c(N)c1)C(C)C. The fraction of sp³-hybridized carbons (Fsp3) is 0.385. The zero-order chi connectivity index (χ0) is 14.6. The lowest BCUT2D eigenvalue weighted by molar-refractivity contribution is -0.141. The van der Waals surface area contributed by atoms with Gasteiger partial charge in [-0.3, -0.25) is 9.59 Å². The molecule has 0 bridgehead atoms. The van der Waals surface area contributed by atoms with Crippen LogP contribution < -0.4 is 5.73 Å². The molecule has 0 radical (unpaired) electrons. The van der Waals surface area contributed by atoms with E-state index in [2.05, 4.69) is 4.74 Å². The lowest BCUT2D eigenvalue weighted by Gasteiger charge is -2.25. The monoisotopic (exact) mass is 268 g/mol. The number of hydrogen-bond donors (Lipinski definition) is 1. The third-order valence-corrected chi connectivity index (χ3v) is 2.65. The Morgan fingerprint density at radius 3 is 2.53 bits per heavy atom. The van der Waals surface area contributed by atoms with Gasteiger partial charge in [-0.1, -0.05) is 0 Å². The molecule has 0 aromatic heterocycles. The number of methoxy groups -OCH3 is 1. The van der Waals surface area contributed by atoms with Gasteiger partial charge in [-0.05, 0) is 32.0 Å². The van der Waals surface area contributed by atoms with E-state index >= 15 is 0 Å². The molecule has 0 saturated heterocycles. The Hall–Kier alpha value is -2.11. The van der Waals surface area contributed by atoms with Crippen molar-refractivity contribution in [3.63, 3.8) is 0 Å². The van der Waals surface area contributed by atoms with Gasteiger partial charge in [-0.25, -0.2) is 4.39 Å². The van der Waals surface area contributed by atoms with Crippen molar-refractivity contribution >= 4 is 17.6 Å². The van der Waals surface area contributed by atoms with Crippen molar-refractivity contribution in [1.29, 1.82) is 0 Å². The van der Waals surface area contributed by atoms with E-state index in [0.717, 1.165) is 6.07 Å². The lowest BCUT2D eigenvalue weighted by Crippen LogP contribution is -2.41. The minimum absolute atomic E-state index is 0.104. The van der Waals surface area contributed by atoms with Gasteiger partial charge in [0, 0.05) is 11.6 Å². The van der Waals surface area contributed by atoms with Crippen molar-refractivity contribution < 1.29 is 18.7 Å². The number of carbonyl (C=O) groups is 2. The van der Waals surface area contributed by atoms with Crippen LogP contribution in [-0.2, 0) is 9.53 Å². The van der Waals surface area contributed by atoms with Gasteiger partial charge in [-0.2, -0.15) is 0 Å². The molecule has 19 heavy (non-hydrogen) atoms. The van der Waals surface area contributed by atoms with Gasteiger partial charge in [0.25, 0.3) is 5.91 Å². The number of nitrogen functional groups attached to an aromatic ring is 1. The number of halogens is 1. The highest BCUT2D eigenvalue weighted by atomic mass is 19.1. The molecule has 2 N–H and O–H groups in total. The molecule has 1 amide bonds. The van der Waals surface area contributed by atoms with Gasteiger partial charge in [0.1, 0.15) is 12.4 Å². The van der Waals surface area contributed by atoms with E-state index in [9.17, 15) is 14.0 Å². The van der Waals surface area contributed by atoms with Crippen molar-refractivity contribution in [1.82, 2.24) is 4.90 Å². The smallest absolute Gasteiger partial charge is 0.325 e. The van der Waals surface area contributed by atoms with E-state index in [4.69, 9.17) is 5.73 Å². The summed E-state index contributed by atoms with van der Waals surface area (Å²) in [6.45, 7) is 3.38. The molecule has 0 saturated carbocycles. The first-order valence-corrected chi connectivity index (χ1v) is 5.79. The molecule has 0 unspecified atom stereocenters. The number of carbonyl (C=O) groups excluding carboxylic acids is 2. The van der Waals surface area contributed by atoms with E-state index in [0.29, 0.717) is 0 Å². The Morgan fingerprint density at radius 2 is 2.05 bits per heavy atom. The summed E-state index contributed by atoms with van der Waals surface area (Å²) in [7, 11) is 1.25. The quantitative estimate of drug-likeness (QED) is 0.662. The number of anilines is 1. The zero-order valence-electron chi connectivity index (χ0n) is 11.1. The Labute approximate surface area is 111 Å². The molecule has 1 rings (SSSR count). The average molecular weight is 268 g/mol. The summed E-state index contributed by atoms with van der Waals surface area (Å²) in [5, 5.41) is 0. The van der Waals surface area contributed by atoms with Gasteiger partial charge in [0.15, 0.2) is 0 Å². The molecule has 6 heteroatoms. The van der Waals surface area contributed by atoms with E-state index in [1.54, 1.807) is 13.8 Å². The van der Waals surface area contributed by atoms with Crippen LogP contribution in [0.25, 0.3) is 0 Å². The molecule has 0 aliphatic carbocycles. The highest BCUT2D eigenvalue weighted by molar-refractivity contribution is 5.96. The number of nitrogens with two attached hydrogens (primary N) is 1. The Bertz CT molecular complexity index is 489. The Morgan fingerprint density at radius 1 is 1.42 bits per heavy atom. The van der Waals surface area contributed by atoms with Crippen molar-refractivity contribution in [2.45, 2.75) is 19.9 Å². The fourth-order valence-electron chi connectivity index (χ4n) is 1.54. The van der Waals surface area contributed by atoms with Crippen LogP contribution in [0.2, 0.25) is 0 Å². The number of hydrogen-bond acceptors (Lipinski definition) is 4. The van der Waals surface area contributed by atoms with Gasteiger partial charge < -0.3 is 15.4 Å². The molecule has 5 nitrogen and oxygen atoms in total.